The normalized spacial score (nSPS) is 10.7. The number of rotatable bonds is 2. The lowest BCUT2D eigenvalue weighted by atomic mass is 10.2. The van der Waals surface area contributed by atoms with Crippen molar-refractivity contribution in [3.05, 3.63) is 52.4 Å². The highest BCUT2D eigenvalue weighted by atomic mass is 79.9. The molecule has 6 heteroatoms. The first-order chi connectivity index (χ1) is 9.65. The highest BCUT2D eigenvalue weighted by molar-refractivity contribution is 9.10. The van der Waals surface area contributed by atoms with Crippen LogP contribution in [0.1, 0.15) is 16.1 Å². The molecule has 0 bridgehead atoms. The molecule has 2 N–H and O–H groups in total. The average Bonchev–Trinajstić information content (AvgIpc) is 2.86. The van der Waals surface area contributed by atoms with E-state index in [4.69, 9.17) is 0 Å². The third kappa shape index (κ3) is 2.30. The Balaban J connectivity index is 1.93. The summed E-state index contributed by atoms with van der Waals surface area (Å²) in [6.07, 6.45) is 3.28. The zero-order valence-electron chi connectivity index (χ0n) is 10.6. The van der Waals surface area contributed by atoms with Gasteiger partial charge in [0, 0.05) is 22.6 Å². The second-order valence-electron chi connectivity index (χ2n) is 4.41. The van der Waals surface area contributed by atoms with Crippen molar-refractivity contribution >= 4 is 38.4 Å². The van der Waals surface area contributed by atoms with Crippen LogP contribution in [-0.2, 0) is 0 Å². The van der Waals surface area contributed by atoms with Gasteiger partial charge in [0.25, 0.3) is 5.91 Å². The van der Waals surface area contributed by atoms with Gasteiger partial charge >= 0.3 is 0 Å². The van der Waals surface area contributed by atoms with Crippen LogP contribution >= 0.6 is 15.9 Å². The van der Waals surface area contributed by atoms with Gasteiger partial charge in [0.1, 0.15) is 0 Å². The van der Waals surface area contributed by atoms with Gasteiger partial charge in [0.15, 0.2) is 5.69 Å². The van der Waals surface area contributed by atoms with E-state index in [0.717, 1.165) is 21.2 Å². The van der Waals surface area contributed by atoms with Gasteiger partial charge in [0.05, 0.1) is 10.9 Å². The number of H-pyrrole nitrogens is 1. The summed E-state index contributed by atoms with van der Waals surface area (Å²) in [5, 5.41) is 10.4. The van der Waals surface area contributed by atoms with Crippen LogP contribution in [0, 0.1) is 6.92 Å². The fourth-order valence-corrected chi connectivity index (χ4v) is 2.45. The van der Waals surface area contributed by atoms with Gasteiger partial charge in [-0.2, -0.15) is 5.10 Å². The van der Waals surface area contributed by atoms with Crippen LogP contribution in [0.3, 0.4) is 0 Å². The molecule has 0 saturated carbocycles. The molecule has 0 radical (unpaired) electrons. The lowest BCUT2D eigenvalue weighted by molar-refractivity contribution is 0.102. The summed E-state index contributed by atoms with van der Waals surface area (Å²) < 4.78 is 0.974. The molecule has 1 aromatic carbocycles. The summed E-state index contributed by atoms with van der Waals surface area (Å²) in [5.74, 6) is -0.255. The zero-order chi connectivity index (χ0) is 14.1. The van der Waals surface area contributed by atoms with E-state index in [9.17, 15) is 4.79 Å². The molecule has 3 rings (SSSR count). The van der Waals surface area contributed by atoms with Gasteiger partial charge in [-0.3, -0.25) is 14.9 Å². The number of aryl methyl sites for hydroxylation is 1. The second kappa shape index (κ2) is 5.05. The van der Waals surface area contributed by atoms with Crippen LogP contribution in [0.4, 0.5) is 5.69 Å². The number of carbonyl (C=O) groups excluding carboxylic acids is 1. The number of anilines is 1. The Labute approximate surface area is 123 Å². The highest BCUT2D eigenvalue weighted by Crippen LogP contribution is 2.21. The molecule has 0 spiro atoms. The molecular formula is C14H11BrN4O. The van der Waals surface area contributed by atoms with Crippen LogP contribution in [0.25, 0.3) is 10.9 Å². The maximum Gasteiger partial charge on any atom is 0.276 e. The Hall–Kier alpha value is -2.21. The summed E-state index contributed by atoms with van der Waals surface area (Å²) in [4.78, 5) is 16.3. The number of nitrogens with one attached hydrogen (secondary N) is 2. The van der Waals surface area contributed by atoms with Gasteiger partial charge in [-0.15, -0.1) is 0 Å². The topological polar surface area (TPSA) is 70.7 Å². The molecule has 0 aliphatic rings. The zero-order valence-corrected chi connectivity index (χ0v) is 12.2. The molecule has 1 amide bonds. The van der Waals surface area contributed by atoms with Crippen molar-refractivity contribution in [2.24, 2.45) is 0 Å². The van der Waals surface area contributed by atoms with Crippen molar-refractivity contribution in [1.82, 2.24) is 15.2 Å². The first-order valence-electron chi connectivity index (χ1n) is 6.01. The monoisotopic (exact) mass is 330 g/mol. The number of carbonyl (C=O) groups is 1. The highest BCUT2D eigenvalue weighted by Gasteiger charge is 2.15. The Morgan fingerprint density at radius 1 is 1.35 bits per heavy atom. The molecule has 0 aliphatic heterocycles. The molecule has 3 aromatic rings. The molecule has 0 atom stereocenters. The van der Waals surface area contributed by atoms with Crippen molar-refractivity contribution in [2.45, 2.75) is 6.92 Å². The predicted molar refractivity (Wildman–Crippen MR) is 80.7 cm³/mol. The lowest BCUT2D eigenvalue weighted by Crippen LogP contribution is -2.13. The Kier molecular flexibility index (Phi) is 3.23. The number of amides is 1. The number of fused-ring (bicyclic) bond motifs is 1. The second-order valence-corrected chi connectivity index (χ2v) is 5.32. The maximum atomic E-state index is 12.3. The van der Waals surface area contributed by atoms with Crippen molar-refractivity contribution < 1.29 is 4.79 Å². The first-order valence-corrected chi connectivity index (χ1v) is 6.80. The minimum absolute atomic E-state index is 0.255. The van der Waals surface area contributed by atoms with E-state index >= 15 is 0 Å². The van der Waals surface area contributed by atoms with E-state index in [-0.39, 0.29) is 5.91 Å². The fourth-order valence-electron chi connectivity index (χ4n) is 1.98. The summed E-state index contributed by atoms with van der Waals surface area (Å²) in [5.41, 5.74) is 2.87. The van der Waals surface area contributed by atoms with Gasteiger partial charge in [-0.1, -0.05) is 15.9 Å². The molecule has 0 fully saturated rings. The third-order valence-corrected chi connectivity index (χ3v) is 3.51. The number of aromatic amines is 1. The quantitative estimate of drug-likeness (QED) is 0.757. The molecule has 20 heavy (non-hydrogen) atoms. The van der Waals surface area contributed by atoms with Crippen LogP contribution in [0.15, 0.2) is 41.1 Å². The molecule has 2 heterocycles. The minimum atomic E-state index is -0.255. The van der Waals surface area contributed by atoms with E-state index in [1.165, 1.54) is 0 Å². The van der Waals surface area contributed by atoms with Crippen molar-refractivity contribution in [3.8, 4) is 0 Å². The number of nitrogens with zero attached hydrogens (tertiary/aromatic N) is 2. The number of benzene rings is 1. The smallest absolute Gasteiger partial charge is 0.276 e. The van der Waals surface area contributed by atoms with Gasteiger partial charge in [0.2, 0.25) is 0 Å². The van der Waals surface area contributed by atoms with E-state index in [2.05, 4.69) is 36.4 Å². The summed E-state index contributed by atoms with van der Waals surface area (Å²) in [7, 11) is 0. The summed E-state index contributed by atoms with van der Waals surface area (Å²) >= 11 is 3.40. The standard InChI is InChI=1S/C14H11BrN4O/c1-8-6-9(15)2-3-11(8)17-14(20)13-10-7-16-5-4-12(10)18-19-13/h2-7H,1H3,(H,17,20)(H,18,19). The average molecular weight is 331 g/mol. The molecule has 0 unspecified atom stereocenters. The Bertz CT molecular complexity index is 797. The molecule has 5 nitrogen and oxygen atoms in total. The molecular weight excluding hydrogens is 320 g/mol. The van der Waals surface area contributed by atoms with Gasteiger partial charge < -0.3 is 5.32 Å². The summed E-state index contributed by atoms with van der Waals surface area (Å²) in [6, 6.07) is 7.46. The van der Waals surface area contributed by atoms with Crippen LogP contribution in [-0.4, -0.2) is 21.1 Å². The van der Waals surface area contributed by atoms with Crippen molar-refractivity contribution in [1.29, 1.82) is 0 Å². The maximum absolute atomic E-state index is 12.3. The van der Waals surface area contributed by atoms with E-state index in [1.807, 2.05) is 25.1 Å². The largest absolute Gasteiger partial charge is 0.320 e. The van der Waals surface area contributed by atoms with Crippen LogP contribution in [0.5, 0.6) is 0 Å². The Morgan fingerprint density at radius 2 is 2.20 bits per heavy atom. The van der Waals surface area contributed by atoms with E-state index in [1.54, 1.807) is 18.5 Å². The van der Waals surface area contributed by atoms with E-state index in [0.29, 0.717) is 11.1 Å². The fraction of sp³-hybridized carbons (Fsp3) is 0.0714. The molecule has 2 aromatic heterocycles. The Morgan fingerprint density at radius 3 is 3.00 bits per heavy atom. The van der Waals surface area contributed by atoms with Crippen molar-refractivity contribution in [2.75, 3.05) is 5.32 Å². The number of aromatic nitrogens is 3. The van der Waals surface area contributed by atoms with Crippen molar-refractivity contribution in [3.63, 3.8) is 0 Å². The first kappa shape index (κ1) is 12.8. The lowest BCUT2D eigenvalue weighted by Gasteiger charge is -2.07. The summed E-state index contributed by atoms with van der Waals surface area (Å²) in [6.45, 7) is 1.94. The van der Waals surface area contributed by atoms with Crippen LogP contribution < -0.4 is 5.32 Å². The third-order valence-electron chi connectivity index (χ3n) is 3.02. The van der Waals surface area contributed by atoms with E-state index < -0.39 is 0 Å². The number of halogens is 1. The predicted octanol–water partition coefficient (Wildman–Crippen LogP) is 3.28. The number of hydrogen-bond donors (Lipinski definition) is 2. The SMILES string of the molecule is Cc1cc(Br)ccc1NC(=O)c1n[nH]c2ccncc12. The van der Waals surface area contributed by atoms with Gasteiger partial charge in [-0.05, 0) is 36.8 Å². The van der Waals surface area contributed by atoms with Crippen LogP contribution in [0.2, 0.25) is 0 Å². The minimum Gasteiger partial charge on any atom is -0.320 e. The van der Waals surface area contributed by atoms with Gasteiger partial charge in [-0.25, -0.2) is 0 Å². The number of hydrogen-bond acceptors (Lipinski definition) is 3. The molecule has 0 saturated heterocycles. The molecule has 100 valence electrons. The number of pyridine rings is 1. The molecule has 0 aliphatic carbocycles.